The number of nitrogens with one attached hydrogen (secondary N) is 1. The zero-order valence-corrected chi connectivity index (χ0v) is 10.7. The van der Waals surface area contributed by atoms with Crippen LogP contribution in [0.4, 0.5) is 11.5 Å². The molecule has 0 aromatic carbocycles. The van der Waals surface area contributed by atoms with Gasteiger partial charge in [0.25, 0.3) is 0 Å². The third-order valence-electron chi connectivity index (χ3n) is 2.20. The van der Waals surface area contributed by atoms with Crippen molar-refractivity contribution in [2.75, 3.05) is 30.3 Å². The number of nitrogen functional groups attached to an aromatic ring is 1. The summed E-state index contributed by atoms with van der Waals surface area (Å²) in [7, 11) is 0. The number of rotatable bonds is 5. The van der Waals surface area contributed by atoms with Crippen LogP contribution < -0.4 is 16.0 Å². The van der Waals surface area contributed by atoms with E-state index in [1.165, 1.54) is 6.33 Å². The predicted octanol–water partition coefficient (Wildman–Crippen LogP) is 0.675. The topological polar surface area (TPSA) is 84.1 Å². The van der Waals surface area contributed by atoms with Gasteiger partial charge in [-0.1, -0.05) is 11.6 Å². The Balaban J connectivity index is 2.86. The third-order valence-corrected chi connectivity index (χ3v) is 2.51. The summed E-state index contributed by atoms with van der Waals surface area (Å²) in [5.74, 6) is 0.405. The Morgan fingerprint density at radius 2 is 2.24 bits per heavy atom. The number of hydrogen-bond donors (Lipinski definition) is 2. The van der Waals surface area contributed by atoms with E-state index in [1.807, 2.05) is 13.8 Å². The molecule has 0 spiro atoms. The van der Waals surface area contributed by atoms with Crippen LogP contribution in [0.5, 0.6) is 0 Å². The number of carbonyl (C=O) groups excluding carboxylic acids is 1. The van der Waals surface area contributed by atoms with Crippen LogP contribution in [-0.2, 0) is 4.79 Å². The molecule has 0 unspecified atom stereocenters. The molecule has 0 atom stereocenters. The fourth-order valence-electron chi connectivity index (χ4n) is 1.38. The summed E-state index contributed by atoms with van der Waals surface area (Å²) in [6.07, 6.45) is 1.33. The van der Waals surface area contributed by atoms with Gasteiger partial charge in [-0.15, -0.1) is 0 Å². The molecule has 7 heteroatoms. The summed E-state index contributed by atoms with van der Waals surface area (Å²) in [5, 5.41) is 2.91. The van der Waals surface area contributed by atoms with Crippen molar-refractivity contribution in [2.45, 2.75) is 13.8 Å². The van der Waals surface area contributed by atoms with E-state index in [2.05, 4.69) is 15.3 Å². The van der Waals surface area contributed by atoms with Crippen LogP contribution in [-0.4, -0.2) is 35.5 Å². The Labute approximate surface area is 105 Å². The smallest absolute Gasteiger partial charge is 0.239 e. The van der Waals surface area contributed by atoms with Crippen LogP contribution in [0, 0.1) is 0 Å². The molecule has 0 aliphatic heterocycles. The number of likely N-dealkylation sites (N-methyl/N-ethyl adjacent to an activating group) is 2. The van der Waals surface area contributed by atoms with Gasteiger partial charge in [-0.25, -0.2) is 9.97 Å². The molecule has 17 heavy (non-hydrogen) atoms. The molecule has 0 radical (unpaired) electrons. The Kier molecular flexibility index (Phi) is 4.96. The molecular weight excluding hydrogens is 242 g/mol. The van der Waals surface area contributed by atoms with Crippen molar-refractivity contribution >= 4 is 29.0 Å². The van der Waals surface area contributed by atoms with Gasteiger partial charge in [0.05, 0.1) is 6.54 Å². The minimum absolute atomic E-state index is 0.0801. The molecule has 1 heterocycles. The van der Waals surface area contributed by atoms with Crippen LogP contribution in [0.15, 0.2) is 6.33 Å². The van der Waals surface area contributed by atoms with Gasteiger partial charge in [0.1, 0.15) is 12.0 Å². The highest BCUT2D eigenvalue weighted by Crippen LogP contribution is 2.25. The Morgan fingerprint density at radius 3 is 2.82 bits per heavy atom. The first-order valence-electron chi connectivity index (χ1n) is 5.37. The molecule has 0 bridgehead atoms. The van der Waals surface area contributed by atoms with Crippen LogP contribution in [0.2, 0.25) is 5.15 Å². The summed E-state index contributed by atoms with van der Waals surface area (Å²) in [5.41, 5.74) is 6.07. The van der Waals surface area contributed by atoms with Crippen molar-refractivity contribution in [1.29, 1.82) is 0 Å². The highest BCUT2D eigenvalue weighted by Gasteiger charge is 2.15. The maximum atomic E-state index is 11.5. The molecule has 6 nitrogen and oxygen atoms in total. The zero-order valence-electron chi connectivity index (χ0n) is 9.90. The number of amides is 1. The van der Waals surface area contributed by atoms with Gasteiger partial charge in [0, 0.05) is 13.1 Å². The second-order valence-electron chi connectivity index (χ2n) is 3.37. The monoisotopic (exact) mass is 257 g/mol. The summed E-state index contributed by atoms with van der Waals surface area (Å²) in [4.78, 5) is 21.1. The highest BCUT2D eigenvalue weighted by molar-refractivity contribution is 6.32. The number of carbonyl (C=O) groups is 1. The van der Waals surface area contributed by atoms with E-state index in [9.17, 15) is 4.79 Å². The Hall–Kier alpha value is -1.56. The molecule has 0 fully saturated rings. The summed E-state index contributed by atoms with van der Waals surface area (Å²) in [6.45, 7) is 5.17. The number of nitrogens with zero attached hydrogens (tertiary/aromatic N) is 3. The van der Waals surface area contributed by atoms with Crippen molar-refractivity contribution in [3.8, 4) is 0 Å². The predicted molar refractivity (Wildman–Crippen MR) is 68.0 cm³/mol. The van der Waals surface area contributed by atoms with Gasteiger partial charge in [0.2, 0.25) is 5.91 Å². The SMILES string of the molecule is CCNC(=O)CN(CC)c1ncnc(Cl)c1N. The van der Waals surface area contributed by atoms with Gasteiger partial charge in [0.15, 0.2) is 11.0 Å². The van der Waals surface area contributed by atoms with E-state index in [1.54, 1.807) is 4.90 Å². The fraction of sp³-hybridized carbons (Fsp3) is 0.500. The average molecular weight is 258 g/mol. The first-order chi connectivity index (χ1) is 8.10. The van der Waals surface area contributed by atoms with Crippen LogP contribution in [0.1, 0.15) is 13.8 Å². The molecule has 3 N–H and O–H groups in total. The van der Waals surface area contributed by atoms with Gasteiger partial charge < -0.3 is 16.0 Å². The minimum Gasteiger partial charge on any atom is -0.393 e. The van der Waals surface area contributed by atoms with E-state index in [-0.39, 0.29) is 17.6 Å². The molecule has 1 aromatic heterocycles. The average Bonchev–Trinajstić information content (AvgIpc) is 2.30. The van der Waals surface area contributed by atoms with E-state index < -0.39 is 0 Å². The molecule has 0 aliphatic carbocycles. The van der Waals surface area contributed by atoms with Crippen molar-refractivity contribution in [3.05, 3.63) is 11.5 Å². The quantitative estimate of drug-likeness (QED) is 0.758. The van der Waals surface area contributed by atoms with Gasteiger partial charge in [-0.05, 0) is 13.8 Å². The number of anilines is 2. The normalized spacial score (nSPS) is 10.1. The first-order valence-corrected chi connectivity index (χ1v) is 5.75. The molecular formula is C10H16ClN5O. The number of halogens is 1. The van der Waals surface area contributed by atoms with Gasteiger partial charge >= 0.3 is 0 Å². The fourth-order valence-corrected chi connectivity index (χ4v) is 1.51. The lowest BCUT2D eigenvalue weighted by Gasteiger charge is -2.22. The Bertz CT molecular complexity index is 398. The number of aromatic nitrogens is 2. The minimum atomic E-state index is -0.0801. The summed E-state index contributed by atoms with van der Waals surface area (Å²) < 4.78 is 0. The highest BCUT2D eigenvalue weighted by atomic mass is 35.5. The van der Waals surface area contributed by atoms with Crippen molar-refractivity contribution in [1.82, 2.24) is 15.3 Å². The number of hydrogen-bond acceptors (Lipinski definition) is 5. The second-order valence-corrected chi connectivity index (χ2v) is 3.73. The zero-order chi connectivity index (χ0) is 12.8. The standard InChI is InChI=1S/C10H16ClN5O/c1-3-13-7(17)5-16(4-2)10-8(12)9(11)14-6-15-10/h6H,3-5,12H2,1-2H3,(H,13,17). The van der Waals surface area contributed by atoms with Gasteiger partial charge in [-0.3, -0.25) is 4.79 Å². The molecule has 0 aliphatic rings. The van der Waals surface area contributed by atoms with Crippen molar-refractivity contribution < 1.29 is 4.79 Å². The largest absolute Gasteiger partial charge is 0.393 e. The third kappa shape index (κ3) is 3.45. The van der Waals surface area contributed by atoms with Crippen LogP contribution in [0.3, 0.4) is 0 Å². The molecule has 1 aromatic rings. The molecule has 0 saturated heterocycles. The maximum Gasteiger partial charge on any atom is 0.239 e. The lowest BCUT2D eigenvalue weighted by Crippen LogP contribution is -2.37. The van der Waals surface area contributed by atoms with E-state index in [4.69, 9.17) is 17.3 Å². The summed E-state index contributed by atoms with van der Waals surface area (Å²) in [6, 6.07) is 0. The van der Waals surface area contributed by atoms with E-state index in [0.29, 0.717) is 24.6 Å². The Morgan fingerprint density at radius 1 is 1.53 bits per heavy atom. The molecule has 94 valence electrons. The molecule has 0 saturated carbocycles. The molecule has 1 amide bonds. The van der Waals surface area contributed by atoms with E-state index in [0.717, 1.165) is 0 Å². The van der Waals surface area contributed by atoms with Crippen molar-refractivity contribution in [3.63, 3.8) is 0 Å². The van der Waals surface area contributed by atoms with Crippen molar-refractivity contribution in [2.24, 2.45) is 0 Å². The van der Waals surface area contributed by atoms with Crippen LogP contribution in [0.25, 0.3) is 0 Å². The summed E-state index contributed by atoms with van der Waals surface area (Å²) >= 11 is 5.81. The maximum absolute atomic E-state index is 11.5. The molecule has 1 rings (SSSR count). The van der Waals surface area contributed by atoms with Crippen LogP contribution >= 0.6 is 11.6 Å². The first kappa shape index (κ1) is 13.5. The van der Waals surface area contributed by atoms with Gasteiger partial charge in [-0.2, -0.15) is 0 Å². The number of nitrogens with two attached hydrogens (primary N) is 1. The lowest BCUT2D eigenvalue weighted by molar-refractivity contribution is -0.119. The lowest BCUT2D eigenvalue weighted by atomic mass is 10.4. The van der Waals surface area contributed by atoms with E-state index >= 15 is 0 Å². The second kappa shape index (κ2) is 6.24.